The molecule has 0 heterocycles. The van der Waals surface area contributed by atoms with E-state index >= 15 is 0 Å². The van der Waals surface area contributed by atoms with E-state index in [-0.39, 0.29) is 0 Å². The van der Waals surface area contributed by atoms with E-state index in [2.05, 4.69) is 0 Å². The SMILES string of the molecule is Cc1cc(N)c(N)cc1C=O. The van der Waals surface area contributed by atoms with Crippen LogP contribution in [0.15, 0.2) is 12.1 Å². The van der Waals surface area contributed by atoms with Gasteiger partial charge in [0.25, 0.3) is 0 Å². The Kier molecular flexibility index (Phi) is 1.81. The molecular formula is C8H10N2O. The molecule has 0 aliphatic heterocycles. The summed E-state index contributed by atoms with van der Waals surface area (Å²) in [5.41, 5.74) is 13.4. The van der Waals surface area contributed by atoms with Gasteiger partial charge in [0, 0.05) is 5.56 Å². The third-order valence-electron chi connectivity index (χ3n) is 1.60. The first-order chi connectivity index (χ1) is 5.15. The van der Waals surface area contributed by atoms with Crippen LogP contribution in [0.2, 0.25) is 0 Å². The van der Waals surface area contributed by atoms with Gasteiger partial charge in [-0.2, -0.15) is 0 Å². The number of rotatable bonds is 1. The molecule has 0 aliphatic rings. The number of hydrogen-bond acceptors (Lipinski definition) is 3. The molecule has 0 aromatic heterocycles. The fourth-order valence-electron chi connectivity index (χ4n) is 0.892. The first-order valence-electron chi connectivity index (χ1n) is 3.26. The fraction of sp³-hybridized carbons (Fsp3) is 0.125. The van der Waals surface area contributed by atoms with Gasteiger partial charge in [-0.05, 0) is 24.6 Å². The Morgan fingerprint density at radius 1 is 1.27 bits per heavy atom. The Bertz CT molecular complexity index is 294. The van der Waals surface area contributed by atoms with Gasteiger partial charge < -0.3 is 11.5 Å². The minimum atomic E-state index is 0.456. The van der Waals surface area contributed by atoms with Crippen LogP contribution in [-0.4, -0.2) is 6.29 Å². The molecule has 0 spiro atoms. The van der Waals surface area contributed by atoms with Gasteiger partial charge in [0.05, 0.1) is 11.4 Å². The predicted octanol–water partition coefficient (Wildman–Crippen LogP) is 0.972. The predicted molar refractivity (Wildman–Crippen MR) is 45.4 cm³/mol. The lowest BCUT2D eigenvalue weighted by atomic mass is 10.1. The first-order valence-corrected chi connectivity index (χ1v) is 3.26. The van der Waals surface area contributed by atoms with Crippen molar-refractivity contribution in [2.24, 2.45) is 0 Å². The third kappa shape index (κ3) is 1.32. The molecule has 0 radical (unpaired) electrons. The summed E-state index contributed by atoms with van der Waals surface area (Å²) in [4.78, 5) is 10.4. The molecule has 3 heteroatoms. The van der Waals surface area contributed by atoms with Crippen LogP contribution in [0.3, 0.4) is 0 Å². The molecule has 0 saturated heterocycles. The lowest BCUT2D eigenvalue weighted by Crippen LogP contribution is -1.97. The van der Waals surface area contributed by atoms with Crippen molar-refractivity contribution in [2.45, 2.75) is 6.92 Å². The minimum Gasteiger partial charge on any atom is -0.397 e. The minimum absolute atomic E-state index is 0.456. The monoisotopic (exact) mass is 150 g/mol. The summed E-state index contributed by atoms with van der Waals surface area (Å²) in [6, 6.07) is 3.27. The number of carbonyl (C=O) groups is 1. The van der Waals surface area contributed by atoms with Crippen molar-refractivity contribution in [3.8, 4) is 0 Å². The van der Waals surface area contributed by atoms with Crippen LogP contribution in [0.5, 0.6) is 0 Å². The van der Waals surface area contributed by atoms with Gasteiger partial charge in [-0.1, -0.05) is 0 Å². The first kappa shape index (κ1) is 7.60. The molecule has 0 aliphatic carbocycles. The van der Waals surface area contributed by atoms with Crippen molar-refractivity contribution in [1.82, 2.24) is 0 Å². The van der Waals surface area contributed by atoms with Gasteiger partial charge in [0.15, 0.2) is 0 Å². The number of anilines is 2. The van der Waals surface area contributed by atoms with Gasteiger partial charge in [-0.25, -0.2) is 0 Å². The second-order valence-corrected chi connectivity index (χ2v) is 2.46. The Labute approximate surface area is 65.0 Å². The number of hydrogen-bond donors (Lipinski definition) is 2. The van der Waals surface area contributed by atoms with Crippen LogP contribution < -0.4 is 11.5 Å². The molecule has 4 N–H and O–H groups in total. The summed E-state index contributed by atoms with van der Waals surface area (Å²) in [7, 11) is 0. The van der Waals surface area contributed by atoms with Gasteiger partial charge in [-0.15, -0.1) is 0 Å². The molecule has 3 nitrogen and oxygen atoms in total. The summed E-state index contributed by atoms with van der Waals surface area (Å²) >= 11 is 0. The second-order valence-electron chi connectivity index (χ2n) is 2.46. The molecule has 1 aromatic carbocycles. The summed E-state index contributed by atoms with van der Waals surface area (Å²) in [5.74, 6) is 0. The number of benzene rings is 1. The molecule has 1 rings (SSSR count). The molecular weight excluding hydrogens is 140 g/mol. The number of nitrogens with two attached hydrogens (primary N) is 2. The van der Waals surface area contributed by atoms with E-state index in [0.717, 1.165) is 11.8 Å². The normalized spacial score (nSPS) is 9.55. The van der Waals surface area contributed by atoms with Gasteiger partial charge in [-0.3, -0.25) is 4.79 Å². The number of nitrogen functional groups attached to an aromatic ring is 2. The highest BCUT2D eigenvalue weighted by atomic mass is 16.1. The fourth-order valence-corrected chi connectivity index (χ4v) is 0.892. The van der Waals surface area contributed by atoms with Gasteiger partial charge in [0.2, 0.25) is 0 Å². The van der Waals surface area contributed by atoms with Crippen molar-refractivity contribution in [1.29, 1.82) is 0 Å². The van der Waals surface area contributed by atoms with Crippen molar-refractivity contribution in [3.05, 3.63) is 23.3 Å². The zero-order valence-corrected chi connectivity index (χ0v) is 6.29. The number of carbonyl (C=O) groups excluding carboxylic acids is 1. The average Bonchev–Trinajstić information content (AvgIpc) is 1.97. The molecule has 0 amide bonds. The molecule has 0 fully saturated rings. The summed E-state index contributed by atoms with van der Waals surface area (Å²) in [6.07, 6.45) is 0.769. The highest BCUT2D eigenvalue weighted by Gasteiger charge is 2.00. The summed E-state index contributed by atoms with van der Waals surface area (Å²) < 4.78 is 0. The second kappa shape index (κ2) is 2.62. The van der Waals surface area contributed by atoms with E-state index in [1.807, 2.05) is 6.92 Å². The molecule has 11 heavy (non-hydrogen) atoms. The van der Waals surface area contributed by atoms with Crippen LogP contribution in [-0.2, 0) is 0 Å². The largest absolute Gasteiger partial charge is 0.397 e. The molecule has 0 saturated carbocycles. The van der Waals surface area contributed by atoms with E-state index in [1.54, 1.807) is 12.1 Å². The quantitative estimate of drug-likeness (QED) is 0.463. The Morgan fingerprint density at radius 3 is 2.36 bits per heavy atom. The van der Waals surface area contributed by atoms with Crippen LogP contribution in [0, 0.1) is 6.92 Å². The lowest BCUT2D eigenvalue weighted by molar-refractivity contribution is 0.112. The van der Waals surface area contributed by atoms with Crippen LogP contribution in [0.25, 0.3) is 0 Å². The standard InChI is InChI=1S/C8H10N2O/c1-5-2-7(9)8(10)3-6(5)4-11/h2-4H,9-10H2,1H3. The Balaban J connectivity index is 3.31. The summed E-state index contributed by atoms with van der Waals surface area (Å²) in [5, 5.41) is 0. The van der Waals surface area contributed by atoms with Gasteiger partial charge in [0.1, 0.15) is 6.29 Å². The summed E-state index contributed by atoms with van der Waals surface area (Å²) in [6.45, 7) is 1.82. The Morgan fingerprint density at radius 2 is 1.82 bits per heavy atom. The van der Waals surface area contributed by atoms with Crippen molar-refractivity contribution >= 4 is 17.7 Å². The van der Waals surface area contributed by atoms with Gasteiger partial charge >= 0.3 is 0 Å². The zero-order chi connectivity index (χ0) is 8.43. The van der Waals surface area contributed by atoms with Crippen molar-refractivity contribution in [2.75, 3.05) is 11.5 Å². The number of aryl methyl sites for hydroxylation is 1. The molecule has 0 unspecified atom stereocenters. The van der Waals surface area contributed by atoms with Crippen molar-refractivity contribution in [3.63, 3.8) is 0 Å². The molecule has 1 aromatic rings. The maximum absolute atomic E-state index is 10.4. The van der Waals surface area contributed by atoms with Crippen LogP contribution in [0.4, 0.5) is 11.4 Å². The van der Waals surface area contributed by atoms with Crippen molar-refractivity contribution < 1.29 is 4.79 Å². The number of aldehydes is 1. The topological polar surface area (TPSA) is 69.1 Å². The van der Waals surface area contributed by atoms with E-state index < -0.39 is 0 Å². The zero-order valence-electron chi connectivity index (χ0n) is 6.29. The van der Waals surface area contributed by atoms with Crippen LogP contribution in [0.1, 0.15) is 15.9 Å². The maximum Gasteiger partial charge on any atom is 0.150 e. The maximum atomic E-state index is 10.4. The highest BCUT2D eigenvalue weighted by molar-refractivity contribution is 5.82. The van der Waals surface area contributed by atoms with E-state index in [4.69, 9.17) is 11.5 Å². The van der Waals surface area contributed by atoms with E-state index in [9.17, 15) is 4.79 Å². The molecule has 0 bridgehead atoms. The van der Waals surface area contributed by atoms with E-state index in [1.165, 1.54) is 0 Å². The molecule has 58 valence electrons. The molecule has 0 atom stereocenters. The smallest absolute Gasteiger partial charge is 0.150 e. The highest BCUT2D eigenvalue weighted by Crippen LogP contribution is 2.18. The average molecular weight is 150 g/mol. The third-order valence-corrected chi connectivity index (χ3v) is 1.60. The lowest BCUT2D eigenvalue weighted by Gasteiger charge is -2.03. The van der Waals surface area contributed by atoms with E-state index in [0.29, 0.717) is 16.9 Å². The van der Waals surface area contributed by atoms with Crippen LogP contribution >= 0.6 is 0 Å². The Hall–Kier alpha value is -1.51.